The summed E-state index contributed by atoms with van der Waals surface area (Å²) < 4.78 is 10.8. The van der Waals surface area contributed by atoms with E-state index in [9.17, 15) is 0 Å². The molecule has 1 aromatic heterocycles. The van der Waals surface area contributed by atoms with Crippen LogP contribution in [-0.2, 0) is 6.54 Å². The largest absolute Gasteiger partial charge is 0.496 e. The number of aromatic amines is 1. The van der Waals surface area contributed by atoms with Gasteiger partial charge in [0.15, 0.2) is 0 Å². The number of methoxy groups -OCH3 is 2. The third-order valence-corrected chi connectivity index (χ3v) is 3.77. The fourth-order valence-corrected chi connectivity index (χ4v) is 2.58. The highest BCUT2D eigenvalue weighted by atomic mass is 16.5. The Morgan fingerprint density at radius 1 is 1.04 bits per heavy atom. The average Bonchev–Trinajstić information content (AvgIpc) is 3.03. The summed E-state index contributed by atoms with van der Waals surface area (Å²) in [5.74, 6) is 1.80. The molecule has 0 amide bonds. The molecule has 2 aromatic carbocycles. The number of amidine groups is 1. The molecular formula is C18H19N3O2. The Morgan fingerprint density at radius 2 is 1.74 bits per heavy atom. The molecule has 5 heteroatoms. The van der Waals surface area contributed by atoms with E-state index in [1.807, 2.05) is 48.5 Å². The van der Waals surface area contributed by atoms with E-state index in [1.165, 1.54) is 0 Å². The summed E-state index contributed by atoms with van der Waals surface area (Å²) in [4.78, 5) is 3.24. The molecule has 0 atom stereocenters. The van der Waals surface area contributed by atoms with Crippen LogP contribution in [-0.4, -0.2) is 25.0 Å². The Kier molecular flexibility index (Phi) is 4.19. The molecule has 0 saturated heterocycles. The Labute approximate surface area is 134 Å². The van der Waals surface area contributed by atoms with Crippen molar-refractivity contribution >= 4 is 16.7 Å². The van der Waals surface area contributed by atoms with Gasteiger partial charge in [0.05, 0.1) is 25.5 Å². The number of para-hydroxylation sites is 1. The van der Waals surface area contributed by atoms with Gasteiger partial charge in [-0.25, -0.2) is 0 Å². The van der Waals surface area contributed by atoms with Gasteiger partial charge in [0.1, 0.15) is 17.3 Å². The standard InChI is InChI=1S/C18H19N3O2/c1-22-16-8-5-9-17(23-2)13(16)11-20-18(19)15-10-12-6-3-4-7-14(12)21-15/h3-10,21H,11H2,1-2H3,(H2,19,20). The maximum absolute atomic E-state index is 8.24. The van der Waals surface area contributed by atoms with Gasteiger partial charge in [-0.15, -0.1) is 0 Å². The molecule has 1 heterocycles. The minimum absolute atomic E-state index is 0.328. The van der Waals surface area contributed by atoms with E-state index in [0.29, 0.717) is 12.4 Å². The number of benzene rings is 2. The lowest BCUT2D eigenvalue weighted by Crippen LogP contribution is -2.23. The first-order valence-electron chi connectivity index (χ1n) is 7.33. The van der Waals surface area contributed by atoms with E-state index in [-0.39, 0.29) is 0 Å². The Bertz CT molecular complexity index is 784. The second kappa shape index (κ2) is 6.44. The van der Waals surface area contributed by atoms with Crippen LogP contribution in [0.4, 0.5) is 0 Å². The zero-order chi connectivity index (χ0) is 16.2. The van der Waals surface area contributed by atoms with Crippen LogP contribution < -0.4 is 14.8 Å². The number of nitrogens with one attached hydrogen (secondary N) is 3. The van der Waals surface area contributed by atoms with Gasteiger partial charge >= 0.3 is 0 Å². The van der Waals surface area contributed by atoms with Crippen molar-refractivity contribution < 1.29 is 9.47 Å². The molecular weight excluding hydrogens is 290 g/mol. The quantitative estimate of drug-likeness (QED) is 0.500. The first-order chi connectivity index (χ1) is 11.2. The predicted octanol–water partition coefficient (Wildman–Crippen LogP) is 3.30. The summed E-state index contributed by atoms with van der Waals surface area (Å²) in [5, 5.41) is 12.4. The van der Waals surface area contributed by atoms with Crippen molar-refractivity contribution in [2.24, 2.45) is 0 Å². The van der Waals surface area contributed by atoms with Crippen LogP contribution in [0.1, 0.15) is 11.3 Å². The van der Waals surface area contributed by atoms with Crippen LogP contribution in [0.5, 0.6) is 11.5 Å². The van der Waals surface area contributed by atoms with Crippen molar-refractivity contribution in [3.05, 3.63) is 59.8 Å². The molecule has 3 rings (SSSR count). The number of H-pyrrole nitrogens is 1. The minimum Gasteiger partial charge on any atom is -0.496 e. The number of aromatic nitrogens is 1. The van der Waals surface area contributed by atoms with E-state index < -0.39 is 0 Å². The van der Waals surface area contributed by atoms with Crippen molar-refractivity contribution in [2.45, 2.75) is 6.54 Å². The molecule has 0 saturated carbocycles. The van der Waals surface area contributed by atoms with Crippen molar-refractivity contribution in [3.8, 4) is 11.5 Å². The first kappa shape index (κ1) is 15.0. The highest BCUT2D eigenvalue weighted by molar-refractivity contribution is 5.99. The predicted molar refractivity (Wildman–Crippen MR) is 91.5 cm³/mol. The number of ether oxygens (including phenoxy) is 2. The van der Waals surface area contributed by atoms with Crippen molar-refractivity contribution in [2.75, 3.05) is 14.2 Å². The van der Waals surface area contributed by atoms with E-state index >= 15 is 0 Å². The van der Waals surface area contributed by atoms with Crippen molar-refractivity contribution in [1.82, 2.24) is 10.3 Å². The van der Waals surface area contributed by atoms with Crippen LogP contribution in [0.25, 0.3) is 10.9 Å². The number of hydrogen-bond acceptors (Lipinski definition) is 3. The molecule has 0 unspecified atom stereocenters. The summed E-state index contributed by atoms with van der Waals surface area (Å²) in [6, 6.07) is 15.6. The van der Waals surface area contributed by atoms with Crippen LogP contribution in [0.2, 0.25) is 0 Å². The highest BCUT2D eigenvalue weighted by Crippen LogP contribution is 2.28. The van der Waals surface area contributed by atoms with E-state index in [2.05, 4.69) is 10.3 Å². The summed E-state index contributed by atoms with van der Waals surface area (Å²) in [7, 11) is 3.25. The summed E-state index contributed by atoms with van der Waals surface area (Å²) >= 11 is 0. The summed E-state index contributed by atoms with van der Waals surface area (Å²) in [6.45, 7) is 0.446. The van der Waals surface area contributed by atoms with Crippen LogP contribution >= 0.6 is 0 Å². The van der Waals surface area contributed by atoms with E-state index in [1.54, 1.807) is 14.2 Å². The van der Waals surface area contributed by atoms with Crippen molar-refractivity contribution in [1.29, 1.82) is 5.41 Å². The Balaban J connectivity index is 1.79. The third kappa shape index (κ3) is 2.99. The molecule has 0 aliphatic heterocycles. The average molecular weight is 309 g/mol. The van der Waals surface area contributed by atoms with Gasteiger partial charge in [-0.1, -0.05) is 24.3 Å². The highest BCUT2D eigenvalue weighted by Gasteiger charge is 2.11. The molecule has 118 valence electrons. The molecule has 3 aromatic rings. The van der Waals surface area contributed by atoms with Gasteiger partial charge in [-0.05, 0) is 24.3 Å². The van der Waals surface area contributed by atoms with Gasteiger partial charge in [0, 0.05) is 17.4 Å². The fourth-order valence-electron chi connectivity index (χ4n) is 2.58. The zero-order valence-corrected chi connectivity index (χ0v) is 13.1. The molecule has 3 N–H and O–H groups in total. The normalized spacial score (nSPS) is 10.5. The number of hydrogen-bond donors (Lipinski definition) is 3. The van der Waals surface area contributed by atoms with Crippen LogP contribution in [0.3, 0.4) is 0 Å². The molecule has 0 aliphatic carbocycles. The lowest BCUT2D eigenvalue weighted by Gasteiger charge is -2.14. The molecule has 5 nitrogen and oxygen atoms in total. The molecule has 0 spiro atoms. The topological polar surface area (TPSA) is 70.1 Å². The lowest BCUT2D eigenvalue weighted by molar-refractivity contribution is 0.384. The van der Waals surface area contributed by atoms with Gasteiger partial charge < -0.3 is 19.8 Å². The molecule has 0 aliphatic rings. The minimum atomic E-state index is 0.328. The summed E-state index contributed by atoms with van der Waals surface area (Å²) in [6.07, 6.45) is 0. The fraction of sp³-hybridized carbons (Fsp3) is 0.167. The molecule has 0 bridgehead atoms. The maximum Gasteiger partial charge on any atom is 0.142 e. The maximum atomic E-state index is 8.24. The number of rotatable bonds is 5. The van der Waals surface area contributed by atoms with Gasteiger partial charge in [-0.3, -0.25) is 5.41 Å². The Morgan fingerprint density at radius 3 is 2.39 bits per heavy atom. The van der Waals surface area contributed by atoms with Gasteiger partial charge in [-0.2, -0.15) is 0 Å². The van der Waals surface area contributed by atoms with Gasteiger partial charge in [0.2, 0.25) is 0 Å². The second-order valence-electron chi connectivity index (χ2n) is 5.14. The first-order valence-corrected chi connectivity index (χ1v) is 7.33. The Hall–Kier alpha value is -2.95. The number of fused-ring (bicyclic) bond motifs is 1. The second-order valence-corrected chi connectivity index (χ2v) is 5.14. The van der Waals surface area contributed by atoms with Crippen LogP contribution in [0, 0.1) is 5.41 Å². The lowest BCUT2D eigenvalue weighted by atomic mass is 10.1. The summed E-state index contributed by atoms with van der Waals surface area (Å²) in [5.41, 5.74) is 2.65. The third-order valence-electron chi connectivity index (χ3n) is 3.77. The van der Waals surface area contributed by atoms with Crippen molar-refractivity contribution in [3.63, 3.8) is 0 Å². The van der Waals surface area contributed by atoms with E-state index in [4.69, 9.17) is 14.9 Å². The van der Waals surface area contributed by atoms with Crippen LogP contribution in [0.15, 0.2) is 48.5 Å². The monoisotopic (exact) mass is 309 g/mol. The molecule has 0 fully saturated rings. The molecule has 23 heavy (non-hydrogen) atoms. The molecule has 0 radical (unpaired) electrons. The smallest absolute Gasteiger partial charge is 0.142 e. The van der Waals surface area contributed by atoms with E-state index in [0.717, 1.165) is 33.7 Å². The zero-order valence-electron chi connectivity index (χ0n) is 13.1. The van der Waals surface area contributed by atoms with Gasteiger partial charge in [0.25, 0.3) is 0 Å². The SMILES string of the molecule is COc1cccc(OC)c1CNC(=N)c1cc2ccccc2[nH]1.